The van der Waals surface area contributed by atoms with Gasteiger partial charge in [-0.05, 0) is 61.9 Å². The summed E-state index contributed by atoms with van der Waals surface area (Å²) in [4.78, 5) is 32.3. The number of para-hydroxylation sites is 2. The van der Waals surface area contributed by atoms with Gasteiger partial charge in [0, 0.05) is 18.8 Å². The number of piperidine rings is 1. The number of amides is 2. The van der Waals surface area contributed by atoms with Crippen LogP contribution in [0.3, 0.4) is 0 Å². The van der Waals surface area contributed by atoms with Gasteiger partial charge in [-0.25, -0.2) is 4.98 Å². The molecule has 0 atom stereocenters. The lowest BCUT2D eigenvalue weighted by molar-refractivity contribution is -0.133. The summed E-state index contributed by atoms with van der Waals surface area (Å²) in [6, 6.07) is 13.7. The molecule has 2 heterocycles. The van der Waals surface area contributed by atoms with Crippen molar-refractivity contribution in [3.8, 4) is 0 Å². The molecule has 1 aliphatic rings. The highest BCUT2D eigenvalue weighted by Gasteiger charge is 2.22. The van der Waals surface area contributed by atoms with Crippen molar-refractivity contribution in [2.45, 2.75) is 45.3 Å². The lowest BCUT2D eigenvalue weighted by atomic mass is 9.99. The normalized spacial score (nSPS) is 14.7. The van der Waals surface area contributed by atoms with Crippen LogP contribution < -0.4 is 5.32 Å². The van der Waals surface area contributed by atoms with Gasteiger partial charge in [-0.15, -0.1) is 0 Å². The Labute approximate surface area is 193 Å². The Bertz CT molecular complexity index is 1130. The Kier molecular flexibility index (Phi) is 6.84. The van der Waals surface area contributed by atoms with Crippen LogP contribution in [0.25, 0.3) is 11.0 Å². The molecule has 0 bridgehead atoms. The minimum atomic E-state index is -0.0846. The number of nitrogens with zero attached hydrogens (tertiary/aromatic N) is 3. The van der Waals surface area contributed by atoms with Gasteiger partial charge in [0.05, 0.1) is 16.8 Å². The Morgan fingerprint density at radius 2 is 1.84 bits per heavy atom. The molecule has 4 rings (SSSR count). The number of carbonyl (C=O) groups is 2. The zero-order valence-corrected chi connectivity index (χ0v) is 19.7. The maximum atomic E-state index is 13.0. The van der Waals surface area contributed by atoms with Gasteiger partial charge in [0.15, 0.2) is 5.16 Å². The number of anilines is 1. The summed E-state index contributed by atoms with van der Waals surface area (Å²) in [5, 5.41) is 3.69. The molecule has 1 aromatic heterocycles. The van der Waals surface area contributed by atoms with Crippen LogP contribution in [0.2, 0.25) is 0 Å². The number of imidazole rings is 1. The highest BCUT2D eigenvalue weighted by molar-refractivity contribution is 7.99. The summed E-state index contributed by atoms with van der Waals surface area (Å²) in [6.07, 6.45) is 2.10. The fraction of sp³-hybridized carbons (Fsp3) is 0.400. The van der Waals surface area contributed by atoms with Gasteiger partial charge in [-0.2, -0.15) is 0 Å². The minimum Gasteiger partial charge on any atom is -0.341 e. The van der Waals surface area contributed by atoms with Crippen LogP contribution >= 0.6 is 11.8 Å². The molecule has 3 aromatic rings. The Hall–Kier alpha value is -2.80. The van der Waals surface area contributed by atoms with Crippen LogP contribution in [0, 0.1) is 19.8 Å². The second-order valence-corrected chi connectivity index (χ2v) is 9.56. The first kappa shape index (κ1) is 22.4. The molecular formula is C25H30N4O2S. The number of fused-ring (bicyclic) bond motifs is 1. The summed E-state index contributed by atoms with van der Waals surface area (Å²) in [5.41, 5.74) is 4.80. The molecule has 1 aliphatic heterocycles. The standard InChI is InChI=1S/C25H30N4O2S/c1-17-11-13-28(14-12-17)24(31)15-29-22-10-5-4-8-21(22)27-25(29)32-16-23(30)26-20-9-6-7-18(2)19(20)3/h4-10,17H,11-16H2,1-3H3,(H,26,30). The number of thioether (sulfide) groups is 1. The number of hydrogen-bond donors (Lipinski definition) is 1. The van der Waals surface area contributed by atoms with Crippen molar-refractivity contribution < 1.29 is 9.59 Å². The summed E-state index contributed by atoms with van der Waals surface area (Å²) in [5.74, 6) is 0.932. The second-order valence-electron chi connectivity index (χ2n) is 8.62. The van der Waals surface area contributed by atoms with E-state index in [9.17, 15) is 9.59 Å². The van der Waals surface area contributed by atoms with E-state index in [1.54, 1.807) is 0 Å². The fourth-order valence-electron chi connectivity index (χ4n) is 4.01. The average molecular weight is 451 g/mol. The molecule has 0 unspecified atom stereocenters. The minimum absolute atomic E-state index is 0.0846. The molecule has 0 spiro atoms. The number of likely N-dealkylation sites (tertiary alicyclic amines) is 1. The van der Waals surface area contributed by atoms with E-state index in [4.69, 9.17) is 4.98 Å². The smallest absolute Gasteiger partial charge is 0.242 e. The number of carbonyl (C=O) groups excluding carboxylic acids is 2. The first-order chi connectivity index (χ1) is 15.4. The number of aryl methyl sites for hydroxylation is 1. The van der Waals surface area contributed by atoms with E-state index < -0.39 is 0 Å². The summed E-state index contributed by atoms with van der Waals surface area (Å²) < 4.78 is 1.95. The van der Waals surface area contributed by atoms with E-state index in [0.29, 0.717) is 11.1 Å². The summed E-state index contributed by atoms with van der Waals surface area (Å²) >= 11 is 1.37. The molecule has 0 radical (unpaired) electrons. The first-order valence-electron chi connectivity index (χ1n) is 11.1. The molecule has 7 heteroatoms. The summed E-state index contributed by atoms with van der Waals surface area (Å²) in [6.45, 7) is 8.15. The van der Waals surface area contributed by atoms with Crippen LogP contribution in [-0.2, 0) is 16.1 Å². The topological polar surface area (TPSA) is 67.2 Å². The Morgan fingerprint density at radius 1 is 1.09 bits per heavy atom. The number of nitrogens with one attached hydrogen (secondary N) is 1. The van der Waals surface area contributed by atoms with Crippen molar-refractivity contribution >= 4 is 40.3 Å². The molecule has 6 nitrogen and oxygen atoms in total. The number of rotatable bonds is 6. The monoisotopic (exact) mass is 450 g/mol. The zero-order chi connectivity index (χ0) is 22.7. The molecule has 0 aliphatic carbocycles. The van der Waals surface area contributed by atoms with Gasteiger partial charge >= 0.3 is 0 Å². The van der Waals surface area contributed by atoms with Crippen LogP contribution in [0.4, 0.5) is 5.69 Å². The third-order valence-corrected chi connectivity index (χ3v) is 7.24. The van der Waals surface area contributed by atoms with Crippen molar-refractivity contribution in [2.75, 3.05) is 24.2 Å². The van der Waals surface area contributed by atoms with Crippen LogP contribution in [0.5, 0.6) is 0 Å². The predicted molar refractivity (Wildman–Crippen MR) is 130 cm³/mol. The Balaban J connectivity index is 1.48. The van der Waals surface area contributed by atoms with Gasteiger partial charge in [0.2, 0.25) is 11.8 Å². The van der Waals surface area contributed by atoms with E-state index in [0.717, 1.165) is 53.8 Å². The molecule has 1 N–H and O–H groups in total. The largest absolute Gasteiger partial charge is 0.341 e. The van der Waals surface area contributed by atoms with Gasteiger partial charge < -0.3 is 14.8 Å². The van der Waals surface area contributed by atoms with Crippen molar-refractivity contribution in [1.82, 2.24) is 14.5 Å². The maximum Gasteiger partial charge on any atom is 0.242 e. The van der Waals surface area contributed by atoms with Crippen molar-refractivity contribution in [3.63, 3.8) is 0 Å². The average Bonchev–Trinajstić information content (AvgIpc) is 3.13. The van der Waals surface area contributed by atoms with E-state index in [1.807, 2.05) is 65.8 Å². The maximum absolute atomic E-state index is 13.0. The highest BCUT2D eigenvalue weighted by Crippen LogP contribution is 2.26. The predicted octanol–water partition coefficient (Wildman–Crippen LogP) is 4.64. The quantitative estimate of drug-likeness (QED) is 0.556. The lowest BCUT2D eigenvalue weighted by Crippen LogP contribution is -2.39. The van der Waals surface area contributed by atoms with E-state index in [2.05, 4.69) is 12.2 Å². The molecule has 1 fully saturated rings. The van der Waals surface area contributed by atoms with Gasteiger partial charge in [0.25, 0.3) is 0 Å². The number of hydrogen-bond acceptors (Lipinski definition) is 4. The third-order valence-electron chi connectivity index (χ3n) is 6.26. The number of aromatic nitrogens is 2. The molecule has 2 aromatic carbocycles. The van der Waals surface area contributed by atoms with Crippen LogP contribution in [0.15, 0.2) is 47.6 Å². The Morgan fingerprint density at radius 3 is 2.62 bits per heavy atom. The molecule has 0 saturated carbocycles. The summed E-state index contributed by atoms with van der Waals surface area (Å²) in [7, 11) is 0. The van der Waals surface area contributed by atoms with Crippen molar-refractivity contribution in [3.05, 3.63) is 53.6 Å². The molecular weight excluding hydrogens is 420 g/mol. The molecule has 2 amide bonds. The van der Waals surface area contributed by atoms with Gasteiger partial charge in [-0.3, -0.25) is 9.59 Å². The number of benzene rings is 2. The van der Waals surface area contributed by atoms with Crippen molar-refractivity contribution in [2.24, 2.45) is 5.92 Å². The van der Waals surface area contributed by atoms with Crippen LogP contribution in [0.1, 0.15) is 30.9 Å². The lowest BCUT2D eigenvalue weighted by Gasteiger charge is -2.30. The SMILES string of the molecule is Cc1cccc(NC(=O)CSc2nc3ccccc3n2CC(=O)N2CCC(C)CC2)c1C. The zero-order valence-electron chi connectivity index (χ0n) is 18.9. The van der Waals surface area contributed by atoms with Gasteiger partial charge in [-0.1, -0.05) is 43.0 Å². The molecule has 32 heavy (non-hydrogen) atoms. The van der Waals surface area contributed by atoms with E-state index >= 15 is 0 Å². The van der Waals surface area contributed by atoms with E-state index in [-0.39, 0.29) is 24.1 Å². The van der Waals surface area contributed by atoms with Crippen molar-refractivity contribution in [1.29, 1.82) is 0 Å². The van der Waals surface area contributed by atoms with E-state index in [1.165, 1.54) is 11.8 Å². The van der Waals surface area contributed by atoms with Crippen LogP contribution in [-0.4, -0.2) is 45.1 Å². The fourth-order valence-corrected chi connectivity index (χ4v) is 4.83. The highest BCUT2D eigenvalue weighted by atomic mass is 32.2. The van der Waals surface area contributed by atoms with Gasteiger partial charge in [0.1, 0.15) is 6.54 Å². The molecule has 168 valence electrons. The third kappa shape index (κ3) is 4.99. The first-order valence-corrected chi connectivity index (χ1v) is 12.1. The molecule has 1 saturated heterocycles. The second kappa shape index (κ2) is 9.77.